The molecule has 0 aliphatic carbocycles. The minimum atomic E-state index is -0.0507. The van der Waals surface area contributed by atoms with Crippen molar-refractivity contribution in [3.05, 3.63) is 202 Å². The van der Waals surface area contributed by atoms with Gasteiger partial charge in [0.25, 0.3) is 0 Å². The molecule has 2 aliphatic heterocycles. The van der Waals surface area contributed by atoms with Crippen LogP contribution in [0, 0.1) is 59.4 Å². The summed E-state index contributed by atoms with van der Waals surface area (Å²) >= 11 is 0. The van der Waals surface area contributed by atoms with E-state index in [0.29, 0.717) is 11.3 Å². The van der Waals surface area contributed by atoms with Gasteiger partial charge in [-0.05, 0) is 121 Å². The Bertz CT molecular complexity index is 2930. The Morgan fingerprint density at radius 2 is 0.869 bits per heavy atom. The van der Waals surface area contributed by atoms with Gasteiger partial charge in [0.15, 0.2) is 5.69 Å². The van der Waals surface area contributed by atoms with Gasteiger partial charge in [-0.15, -0.1) is 0 Å². The number of hydrogen-bond acceptors (Lipinski definition) is 2. The molecule has 0 radical (unpaired) electrons. The Kier molecular flexibility index (Phi) is 9.16. The highest BCUT2D eigenvalue weighted by molar-refractivity contribution is 7.02. The second-order valence-electron chi connectivity index (χ2n) is 17.1. The molecule has 5 heteroatoms. The maximum absolute atomic E-state index is 9.62. The van der Waals surface area contributed by atoms with E-state index in [0.717, 1.165) is 22.3 Å². The first-order valence-corrected chi connectivity index (χ1v) is 21.1. The topological polar surface area (TPSA) is 31.4 Å². The fourth-order valence-electron chi connectivity index (χ4n) is 10.6. The van der Waals surface area contributed by atoms with Crippen molar-refractivity contribution in [2.24, 2.45) is 0 Å². The Hall–Kier alpha value is -7.33. The Morgan fingerprint density at radius 1 is 0.459 bits per heavy atom. The Balaban J connectivity index is 1.34. The fourth-order valence-corrected chi connectivity index (χ4v) is 10.6. The van der Waals surface area contributed by atoms with Gasteiger partial charge in [-0.1, -0.05) is 172 Å². The molecule has 0 aromatic heterocycles. The molecule has 2 heterocycles. The van der Waals surface area contributed by atoms with Gasteiger partial charge in [-0.2, -0.15) is 5.26 Å². The van der Waals surface area contributed by atoms with Crippen LogP contribution in [0.2, 0.25) is 0 Å². The van der Waals surface area contributed by atoms with Crippen LogP contribution in [0.3, 0.4) is 0 Å². The summed E-state index contributed by atoms with van der Waals surface area (Å²) < 4.78 is 0. The van der Waals surface area contributed by atoms with Gasteiger partial charge in [-0.3, -0.25) is 0 Å². The molecule has 3 nitrogen and oxygen atoms in total. The zero-order chi connectivity index (χ0) is 42.1. The SMILES string of the molecule is [C-]#[N+]c1ccc(-c2ccc3c(c2)B(c2c(C)cc(C)cc2C)c2cc(-c4ccccc4)cc4c2N3c2ccc(-c3ccc(C#N)cc3)cc2B4c2c(C)cc(C)cc2C)cc1. The molecule has 2 aliphatic rings. The molecule has 0 bridgehead atoms. The average molecular weight is 780 g/mol. The maximum Gasteiger partial charge on any atom is 0.247 e. The molecule has 61 heavy (non-hydrogen) atoms. The summed E-state index contributed by atoms with van der Waals surface area (Å²) in [5.41, 5.74) is 27.2. The summed E-state index contributed by atoms with van der Waals surface area (Å²) in [6.07, 6.45) is 0. The molecule has 0 saturated heterocycles. The first-order valence-electron chi connectivity index (χ1n) is 21.1. The van der Waals surface area contributed by atoms with E-state index in [2.05, 4.69) is 185 Å². The van der Waals surface area contributed by atoms with Crippen molar-refractivity contribution in [2.45, 2.75) is 41.5 Å². The average Bonchev–Trinajstić information content (AvgIpc) is 3.27. The molecule has 8 aromatic carbocycles. The number of fused-ring (bicyclic) bond motifs is 4. The van der Waals surface area contributed by atoms with Crippen molar-refractivity contribution in [2.75, 3.05) is 4.90 Å². The summed E-state index contributed by atoms with van der Waals surface area (Å²) in [5, 5.41) is 9.62. The third-order valence-electron chi connectivity index (χ3n) is 13.0. The predicted molar refractivity (Wildman–Crippen MR) is 259 cm³/mol. The van der Waals surface area contributed by atoms with E-state index in [9.17, 15) is 5.26 Å². The quantitative estimate of drug-likeness (QED) is 0.129. The van der Waals surface area contributed by atoms with Crippen LogP contribution in [0.5, 0.6) is 0 Å². The van der Waals surface area contributed by atoms with Crippen LogP contribution >= 0.6 is 0 Å². The molecule has 0 atom stereocenters. The van der Waals surface area contributed by atoms with Crippen LogP contribution in [0.25, 0.3) is 38.2 Å². The van der Waals surface area contributed by atoms with Gasteiger partial charge in [0.2, 0.25) is 13.4 Å². The Labute approximate surface area is 360 Å². The highest BCUT2D eigenvalue weighted by Crippen LogP contribution is 2.41. The molecule has 0 N–H and O–H groups in total. The first-order chi connectivity index (χ1) is 29.6. The molecule has 10 rings (SSSR count). The van der Waals surface area contributed by atoms with Gasteiger partial charge >= 0.3 is 0 Å². The molecular weight excluding hydrogens is 736 g/mol. The van der Waals surface area contributed by atoms with E-state index in [-0.39, 0.29) is 13.4 Å². The van der Waals surface area contributed by atoms with Gasteiger partial charge < -0.3 is 4.90 Å². The molecule has 288 valence electrons. The van der Waals surface area contributed by atoms with Gasteiger partial charge in [-0.25, -0.2) is 4.85 Å². The molecular formula is C56H43B2N3. The molecule has 0 unspecified atom stereocenters. The van der Waals surface area contributed by atoms with Crippen LogP contribution in [0.4, 0.5) is 22.7 Å². The van der Waals surface area contributed by atoms with Gasteiger partial charge in [0.1, 0.15) is 0 Å². The lowest BCUT2D eigenvalue weighted by molar-refractivity contribution is 1.29. The highest BCUT2D eigenvalue weighted by Gasteiger charge is 2.45. The minimum absolute atomic E-state index is 0.0490. The number of anilines is 3. The lowest BCUT2D eigenvalue weighted by Gasteiger charge is -2.45. The van der Waals surface area contributed by atoms with Crippen LogP contribution in [0.1, 0.15) is 38.9 Å². The summed E-state index contributed by atoms with van der Waals surface area (Å²) in [6, 6.07) is 57.4. The smallest absolute Gasteiger partial charge is 0.247 e. The summed E-state index contributed by atoms with van der Waals surface area (Å²) in [4.78, 5) is 6.23. The van der Waals surface area contributed by atoms with Crippen molar-refractivity contribution < 1.29 is 0 Å². The van der Waals surface area contributed by atoms with Crippen LogP contribution < -0.4 is 37.7 Å². The van der Waals surface area contributed by atoms with E-state index in [1.165, 1.54) is 94.3 Å². The predicted octanol–water partition coefficient (Wildman–Crippen LogP) is 10.1. The van der Waals surface area contributed by atoms with Crippen molar-refractivity contribution in [1.82, 2.24) is 0 Å². The van der Waals surface area contributed by atoms with Crippen LogP contribution in [0.15, 0.2) is 152 Å². The zero-order valence-electron chi connectivity index (χ0n) is 35.4. The van der Waals surface area contributed by atoms with Gasteiger partial charge in [0.05, 0.1) is 18.2 Å². The number of nitriles is 1. The lowest BCUT2D eigenvalue weighted by Crippen LogP contribution is -2.66. The summed E-state index contributed by atoms with van der Waals surface area (Å²) in [6.45, 7) is 21.0. The summed E-state index contributed by atoms with van der Waals surface area (Å²) in [5.74, 6) is 0. The number of aryl methyl sites for hydroxylation is 6. The van der Waals surface area contributed by atoms with E-state index in [1.54, 1.807) is 0 Å². The summed E-state index contributed by atoms with van der Waals surface area (Å²) in [7, 11) is 0. The number of nitrogens with zero attached hydrogens (tertiary/aromatic N) is 3. The number of hydrogen-bond donors (Lipinski definition) is 0. The fraction of sp³-hybridized carbons (Fsp3) is 0.107. The largest absolute Gasteiger partial charge is 0.313 e. The van der Waals surface area contributed by atoms with Gasteiger partial charge in [0, 0.05) is 17.1 Å². The number of rotatable bonds is 5. The van der Waals surface area contributed by atoms with Crippen molar-refractivity contribution in [1.29, 1.82) is 5.26 Å². The molecule has 8 aromatic rings. The number of benzene rings is 8. The highest BCUT2D eigenvalue weighted by atomic mass is 15.2. The van der Waals surface area contributed by atoms with Crippen molar-refractivity contribution >= 4 is 69.0 Å². The molecule has 0 saturated carbocycles. The first kappa shape index (κ1) is 37.9. The van der Waals surface area contributed by atoms with Crippen molar-refractivity contribution in [3.63, 3.8) is 0 Å². The van der Waals surface area contributed by atoms with Crippen LogP contribution in [-0.2, 0) is 0 Å². The Morgan fingerprint density at radius 3 is 1.31 bits per heavy atom. The molecule has 0 spiro atoms. The monoisotopic (exact) mass is 779 g/mol. The second kappa shape index (κ2) is 14.7. The van der Waals surface area contributed by atoms with Crippen LogP contribution in [-0.4, -0.2) is 13.4 Å². The van der Waals surface area contributed by atoms with E-state index in [4.69, 9.17) is 6.57 Å². The normalized spacial score (nSPS) is 12.3. The second-order valence-corrected chi connectivity index (χ2v) is 17.1. The minimum Gasteiger partial charge on any atom is -0.313 e. The van der Waals surface area contributed by atoms with E-state index < -0.39 is 0 Å². The van der Waals surface area contributed by atoms with E-state index in [1.807, 2.05) is 24.3 Å². The molecule has 0 amide bonds. The zero-order valence-corrected chi connectivity index (χ0v) is 35.4. The lowest BCUT2D eigenvalue weighted by atomic mass is 9.29. The van der Waals surface area contributed by atoms with E-state index >= 15 is 0 Å². The third kappa shape index (κ3) is 6.29. The third-order valence-corrected chi connectivity index (χ3v) is 13.0. The molecule has 0 fully saturated rings. The standard InChI is InChI=1S/C56H43B2N3/c1-34-25-36(3)54(37(4)26-34)57-48-29-44(42-15-13-40(33-59)14-16-42)19-23-52(48)61-53-24-20-45(43-17-21-47(60-7)22-18-43)30-49(53)58(55-38(5)27-35(2)28-39(55)6)51-32-46(31-50(57)56(51)61)41-11-9-8-10-12-41/h8-32H,1-6H3. The maximum atomic E-state index is 9.62. The van der Waals surface area contributed by atoms with Crippen molar-refractivity contribution in [3.8, 4) is 39.4 Å².